The van der Waals surface area contributed by atoms with E-state index < -0.39 is 65.9 Å². The zero-order chi connectivity index (χ0) is 35.2. The molecule has 4 saturated heterocycles. The number of nitrogens with one attached hydrogen (secondary N) is 2. The molecule has 4 aliphatic heterocycles. The Hall–Kier alpha value is -1.90. The summed E-state index contributed by atoms with van der Waals surface area (Å²) >= 11 is 0. The van der Waals surface area contributed by atoms with Gasteiger partial charge in [-0.25, -0.2) is 9.59 Å². The zero-order valence-electron chi connectivity index (χ0n) is 29.3. The zero-order valence-corrected chi connectivity index (χ0v) is 29.3. The number of ether oxygens (including phenoxy) is 12. The van der Waals surface area contributed by atoms with E-state index >= 15 is 0 Å². The Kier molecular flexibility index (Phi) is 13.3. The van der Waals surface area contributed by atoms with Gasteiger partial charge in [0.25, 0.3) is 0 Å². The molecule has 4 rings (SSSR count). The summed E-state index contributed by atoms with van der Waals surface area (Å²) in [5, 5.41) is 15.0. The van der Waals surface area contributed by atoms with Crippen molar-refractivity contribution in [3.8, 4) is 0 Å². The van der Waals surface area contributed by atoms with Gasteiger partial charge in [-0.05, 0) is 55.4 Å². The Balaban J connectivity index is 1.04. The van der Waals surface area contributed by atoms with Crippen molar-refractivity contribution in [3.63, 3.8) is 0 Å². The highest BCUT2D eigenvalue weighted by atomic mass is 16.8. The van der Waals surface area contributed by atoms with Crippen molar-refractivity contribution < 1.29 is 71.5 Å². The fraction of sp³-hybridized carbons (Fsp3) is 0.935. The van der Waals surface area contributed by atoms with Gasteiger partial charge < -0.3 is 72.6 Å². The van der Waals surface area contributed by atoms with Gasteiger partial charge in [-0.3, -0.25) is 0 Å². The van der Waals surface area contributed by atoms with Gasteiger partial charge in [0, 0.05) is 13.1 Å². The molecule has 0 saturated carbocycles. The highest BCUT2D eigenvalue weighted by molar-refractivity contribution is 5.67. The number of carbonyl (C=O) groups is 2. The molecule has 4 fully saturated rings. The topological polar surface area (TPSA) is 189 Å². The molecule has 0 aromatic rings. The van der Waals surface area contributed by atoms with Gasteiger partial charge in [0.1, 0.15) is 55.9 Å². The number of hydrogen-bond donors (Lipinski definition) is 3. The Morgan fingerprint density at radius 2 is 1.12 bits per heavy atom. The van der Waals surface area contributed by atoms with Crippen molar-refractivity contribution >= 4 is 12.2 Å². The first-order chi connectivity index (χ1) is 22.5. The predicted molar refractivity (Wildman–Crippen MR) is 164 cm³/mol. The van der Waals surface area contributed by atoms with Gasteiger partial charge in [-0.15, -0.1) is 0 Å². The summed E-state index contributed by atoms with van der Waals surface area (Å²) in [6, 6.07) is 0. The summed E-state index contributed by atoms with van der Waals surface area (Å²) in [4.78, 5) is 24.5. The Morgan fingerprint density at radius 3 is 1.54 bits per heavy atom. The summed E-state index contributed by atoms with van der Waals surface area (Å²) in [5.74, 6) is -3.11. The maximum absolute atomic E-state index is 12.3. The third-order valence-electron chi connectivity index (χ3n) is 7.77. The molecule has 7 atom stereocenters. The number of aliphatic hydroxyl groups excluding tert-OH is 1. The predicted octanol–water partition coefficient (Wildman–Crippen LogP) is 1.18. The van der Waals surface area contributed by atoms with Crippen molar-refractivity contribution in [2.24, 2.45) is 0 Å². The molecular weight excluding hydrogens is 640 g/mol. The van der Waals surface area contributed by atoms with E-state index in [1.165, 1.54) is 0 Å². The minimum absolute atomic E-state index is 0.0244. The molecule has 48 heavy (non-hydrogen) atoms. The van der Waals surface area contributed by atoms with Crippen LogP contribution in [0.1, 0.15) is 55.4 Å². The fourth-order valence-corrected chi connectivity index (χ4v) is 5.81. The molecule has 0 aromatic heterocycles. The summed E-state index contributed by atoms with van der Waals surface area (Å²) in [5.41, 5.74) is 0. The Morgan fingerprint density at radius 1 is 0.667 bits per heavy atom. The van der Waals surface area contributed by atoms with Crippen molar-refractivity contribution in [1.29, 1.82) is 0 Å². The van der Waals surface area contributed by atoms with E-state index in [0.717, 1.165) is 0 Å². The van der Waals surface area contributed by atoms with E-state index in [9.17, 15) is 14.7 Å². The van der Waals surface area contributed by atoms with Gasteiger partial charge in [-0.2, -0.15) is 0 Å². The summed E-state index contributed by atoms with van der Waals surface area (Å²) in [7, 11) is 0. The molecule has 0 aliphatic carbocycles. The minimum Gasteiger partial charge on any atom is -0.447 e. The lowest BCUT2D eigenvalue weighted by molar-refractivity contribution is -0.174. The van der Waals surface area contributed by atoms with Gasteiger partial charge in [-0.1, -0.05) is 0 Å². The average molecular weight is 695 g/mol. The maximum atomic E-state index is 12.3. The maximum Gasteiger partial charge on any atom is 0.407 e. The molecule has 17 nitrogen and oxygen atoms in total. The average Bonchev–Trinajstić information content (AvgIpc) is 3.72. The van der Waals surface area contributed by atoms with Crippen LogP contribution in [0.25, 0.3) is 0 Å². The van der Waals surface area contributed by atoms with Gasteiger partial charge in [0.2, 0.25) is 0 Å². The van der Waals surface area contributed by atoms with E-state index in [0.29, 0.717) is 13.2 Å². The second-order valence-electron chi connectivity index (χ2n) is 13.8. The summed E-state index contributed by atoms with van der Waals surface area (Å²) in [6.07, 6.45) is -4.42. The third kappa shape index (κ3) is 11.9. The van der Waals surface area contributed by atoms with E-state index in [2.05, 4.69) is 10.6 Å². The molecule has 2 amide bonds. The largest absolute Gasteiger partial charge is 0.447 e. The first-order valence-electron chi connectivity index (χ1n) is 16.4. The molecule has 7 unspecified atom stereocenters. The van der Waals surface area contributed by atoms with Gasteiger partial charge in [0.05, 0.1) is 39.6 Å². The quantitative estimate of drug-likeness (QED) is 0.195. The fourth-order valence-electron chi connectivity index (χ4n) is 5.81. The molecule has 0 spiro atoms. The van der Waals surface area contributed by atoms with Gasteiger partial charge >= 0.3 is 12.2 Å². The number of amides is 2. The molecule has 0 aromatic carbocycles. The second-order valence-corrected chi connectivity index (χ2v) is 13.8. The van der Waals surface area contributed by atoms with E-state index in [1.54, 1.807) is 27.7 Å². The van der Waals surface area contributed by atoms with Crippen LogP contribution in [0.5, 0.6) is 0 Å². The van der Waals surface area contributed by atoms with Crippen LogP contribution in [0.15, 0.2) is 0 Å². The number of hydrogen-bond acceptors (Lipinski definition) is 15. The van der Waals surface area contributed by atoms with Crippen molar-refractivity contribution in [2.45, 2.75) is 121 Å². The Bertz CT molecular complexity index is 1060. The lowest BCUT2D eigenvalue weighted by atomic mass is 10.1. The van der Waals surface area contributed by atoms with Crippen LogP contribution >= 0.6 is 0 Å². The lowest BCUT2D eigenvalue weighted by Gasteiger charge is -2.24. The molecule has 4 aliphatic rings. The van der Waals surface area contributed by atoms with Gasteiger partial charge in [0.15, 0.2) is 23.1 Å². The first kappa shape index (κ1) is 38.9. The molecule has 0 radical (unpaired) electrons. The normalized spacial score (nSPS) is 32.2. The summed E-state index contributed by atoms with van der Waals surface area (Å²) < 4.78 is 68.5. The molecule has 0 bridgehead atoms. The summed E-state index contributed by atoms with van der Waals surface area (Å²) in [6.45, 7) is 15.3. The highest BCUT2D eigenvalue weighted by Gasteiger charge is 2.51. The Labute approximate surface area is 281 Å². The van der Waals surface area contributed by atoms with Crippen LogP contribution in [0, 0.1) is 0 Å². The minimum atomic E-state index is -0.841. The van der Waals surface area contributed by atoms with E-state index in [-0.39, 0.29) is 64.9 Å². The lowest BCUT2D eigenvalue weighted by Crippen LogP contribution is -2.44. The number of alkyl carbamates (subject to hydrolysis) is 2. The van der Waals surface area contributed by atoms with Crippen LogP contribution in [-0.4, -0.2) is 149 Å². The van der Waals surface area contributed by atoms with Crippen molar-refractivity contribution in [1.82, 2.24) is 10.6 Å². The van der Waals surface area contributed by atoms with Crippen molar-refractivity contribution in [3.05, 3.63) is 0 Å². The number of aliphatic hydroxyl groups is 1. The van der Waals surface area contributed by atoms with E-state index in [1.807, 2.05) is 27.7 Å². The molecule has 278 valence electrons. The van der Waals surface area contributed by atoms with Crippen LogP contribution in [0.2, 0.25) is 0 Å². The standard InChI is InChI=1S/C31H54N2O15/c1-28(2)41-17-22(45-28)24-20(43-30(5,6)47-24)13-32-26(35)39-10-9-37-16-19(15-34)38-11-12-40-27(36)33-14-21-25(48-31(7,8)44-21)23-18-42-29(3,4)46-23/h19-25,34H,9-18H2,1-8H3,(H,32,35)(H,33,36). The second kappa shape index (κ2) is 16.4. The number of carbonyl (C=O) groups excluding carboxylic acids is 2. The molecule has 4 heterocycles. The van der Waals surface area contributed by atoms with Crippen LogP contribution < -0.4 is 10.6 Å². The number of rotatable bonds is 16. The molecular formula is C31H54N2O15. The van der Waals surface area contributed by atoms with Crippen molar-refractivity contribution in [2.75, 3.05) is 65.9 Å². The van der Waals surface area contributed by atoms with Crippen LogP contribution in [-0.2, 0) is 56.8 Å². The molecule has 17 heteroatoms. The van der Waals surface area contributed by atoms with E-state index in [4.69, 9.17) is 56.8 Å². The highest BCUT2D eigenvalue weighted by Crippen LogP contribution is 2.36. The molecule has 3 N–H and O–H groups in total. The smallest absolute Gasteiger partial charge is 0.407 e. The van der Waals surface area contributed by atoms with Crippen LogP contribution in [0.4, 0.5) is 9.59 Å². The SMILES string of the molecule is CC1(C)OCC(C2OC(C)(C)OC2CNC(=O)OCCOCC(CO)OCCOC(=O)NCC2OC(C)(C)OC2C2COC(C)(C)O2)O1. The monoisotopic (exact) mass is 694 g/mol. The third-order valence-corrected chi connectivity index (χ3v) is 7.77. The van der Waals surface area contributed by atoms with Crippen LogP contribution in [0.3, 0.4) is 0 Å². The first-order valence-corrected chi connectivity index (χ1v) is 16.4.